The van der Waals surface area contributed by atoms with Gasteiger partial charge in [0.25, 0.3) is 0 Å². The fourth-order valence-corrected chi connectivity index (χ4v) is 10.3. The number of imidazole rings is 1. The number of hydrogen-bond donors (Lipinski definition) is 3. The Hall–Kier alpha value is -5.06. The van der Waals surface area contributed by atoms with Crippen molar-refractivity contribution in [2.75, 3.05) is 44.6 Å². The highest BCUT2D eigenvalue weighted by molar-refractivity contribution is 6.00. The molecule has 0 spiro atoms. The molecule has 0 bridgehead atoms. The summed E-state index contributed by atoms with van der Waals surface area (Å²) in [6.07, 6.45) is 6.19. The van der Waals surface area contributed by atoms with Crippen LogP contribution < -0.4 is 16.3 Å². The molecule has 0 unspecified atom stereocenters. The highest BCUT2D eigenvalue weighted by atomic mass is 19.4. The summed E-state index contributed by atoms with van der Waals surface area (Å²) in [5, 5.41) is 16.1. The van der Waals surface area contributed by atoms with Crippen LogP contribution in [0.25, 0.3) is 33.2 Å². The van der Waals surface area contributed by atoms with E-state index in [-0.39, 0.29) is 42.7 Å². The number of alkyl halides is 3. The van der Waals surface area contributed by atoms with Crippen molar-refractivity contribution in [2.24, 2.45) is 18.9 Å². The molecule has 0 radical (unpaired) electrons. The minimum Gasteiger partial charge on any atom is -0.393 e. The molecule has 3 saturated heterocycles. The van der Waals surface area contributed by atoms with Gasteiger partial charge in [-0.05, 0) is 118 Å². The zero-order chi connectivity index (χ0) is 43.1. The average Bonchev–Trinajstić information content (AvgIpc) is 3.73. The summed E-state index contributed by atoms with van der Waals surface area (Å²) in [5.41, 5.74) is 6.42. The first-order valence-electron chi connectivity index (χ1n) is 22.3. The van der Waals surface area contributed by atoms with Crippen molar-refractivity contribution >= 4 is 39.8 Å². The van der Waals surface area contributed by atoms with Crippen LogP contribution >= 0.6 is 0 Å². The van der Waals surface area contributed by atoms with Gasteiger partial charge in [-0.3, -0.25) is 28.9 Å². The van der Waals surface area contributed by atoms with E-state index >= 15 is 0 Å². The lowest BCUT2D eigenvalue weighted by Crippen LogP contribution is -2.52. The Morgan fingerprint density at radius 1 is 0.887 bits per heavy atom. The van der Waals surface area contributed by atoms with Gasteiger partial charge in [-0.15, -0.1) is 0 Å². The van der Waals surface area contributed by atoms with Crippen molar-refractivity contribution in [1.29, 1.82) is 0 Å². The minimum absolute atomic E-state index is 0.140. The van der Waals surface area contributed by atoms with Crippen LogP contribution in [0.1, 0.15) is 87.4 Å². The van der Waals surface area contributed by atoms with E-state index < -0.39 is 24.5 Å². The number of rotatable bonds is 13. The number of aryl methyl sites for hydroxylation is 2. The first kappa shape index (κ1) is 42.3. The Bertz CT molecular complexity index is 2470. The number of likely N-dealkylation sites (tertiary alicyclic amines) is 2. The topological polar surface area (TPSA) is 143 Å². The number of aliphatic hydroxyl groups is 1. The summed E-state index contributed by atoms with van der Waals surface area (Å²) in [7, 11) is 1.73. The maximum atomic E-state index is 13.1. The van der Waals surface area contributed by atoms with Crippen molar-refractivity contribution in [2.45, 2.75) is 102 Å². The molecule has 2 aromatic carbocycles. The van der Waals surface area contributed by atoms with Crippen LogP contribution in [0.3, 0.4) is 0 Å². The fourth-order valence-electron chi connectivity index (χ4n) is 10.3. The second-order valence-corrected chi connectivity index (χ2v) is 18.1. The van der Waals surface area contributed by atoms with Crippen LogP contribution in [0.2, 0.25) is 0 Å². The van der Waals surface area contributed by atoms with E-state index in [1.807, 2.05) is 6.07 Å². The number of carbonyl (C=O) groups excluding carboxylic acids is 2. The third-order valence-electron chi connectivity index (χ3n) is 13.9. The molecule has 1 aliphatic carbocycles. The van der Waals surface area contributed by atoms with E-state index in [1.165, 1.54) is 28.5 Å². The predicted molar refractivity (Wildman–Crippen MR) is 230 cm³/mol. The van der Waals surface area contributed by atoms with Gasteiger partial charge >= 0.3 is 11.9 Å². The summed E-state index contributed by atoms with van der Waals surface area (Å²) < 4.78 is 43.7. The zero-order valence-electron chi connectivity index (χ0n) is 35.2. The number of aliphatic hydroxyl groups excluding tert-OH is 1. The van der Waals surface area contributed by atoms with Gasteiger partial charge in [-0.1, -0.05) is 30.3 Å². The first-order valence-corrected chi connectivity index (χ1v) is 22.3. The number of halogens is 3. The molecule has 2 amide bonds. The van der Waals surface area contributed by atoms with Crippen molar-refractivity contribution in [3.63, 3.8) is 0 Å². The van der Waals surface area contributed by atoms with Gasteiger partial charge in [0, 0.05) is 69.0 Å². The molecule has 13 nitrogen and oxygen atoms in total. The van der Waals surface area contributed by atoms with Gasteiger partial charge in [0.05, 0.1) is 23.6 Å². The maximum absolute atomic E-state index is 13.1. The number of anilines is 1. The highest BCUT2D eigenvalue weighted by Crippen LogP contribution is 2.38. The molecule has 3 aromatic heterocycles. The summed E-state index contributed by atoms with van der Waals surface area (Å²) in [6.45, 7) is 6.11. The van der Waals surface area contributed by atoms with Gasteiger partial charge < -0.3 is 19.9 Å². The summed E-state index contributed by atoms with van der Waals surface area (Å²) in [5.74, 6) is 0.948. The molecule has 16 heteroatoms. The number of imide groups is 1. The zero-order valence-corrected chi connectivity index (χ0v) is 35.2. The maximum Gasteiger partial charge on any atom is 0.390 e. The number of piperidine rings is 2. The van der Waals surface area contributed by atoms with Gasteiger partial charge in [0.15, 0.2) is 0 Å². The summed E-state index contributed by atoms with van der Waals surface area (Å²) in [6, 6.07) is 14.2. The first-order chi connectivity index (χ1) is 29.9. The Morgan fingerprint density at radius 3 is 2.35 bits per heavy atom. The Balaban J connectivity index is 0.747. The van der Waals surface area contributed by atoms with E-state index in [0.717, 1.165) is 104 Å². The van der Waals surface area contributed by atoms with Crippen LogP contribution in [0.4, 0.5) is 19.1 Å². The Kier molecular flexibility index (Phi) is 12.0. The molecular formula is C46H56F3N9O4. The number of hydrogen-bond acceptors (Lipinski definition) is 9. The molecular weight excluding hydrogens is 800 g/mol. The number of benzene rings is 2. The standard InChI is InChI=1S/C46H56F3N9O4/c1-54-40-23-29(6-13-38(40)58(45(54)62)39-14-15-41(60)52-43(39)61)3-2-20-56-26-33(27-56)31-16-21-55(22-17-31)25-30-4-7-32(8-5-30)37-28-57(34-9-11-35(59)12-10-34)42-36(37)24-51-44(53-42)50-19-18-46(47,48)49/h4-8,13,23-24,28,31,33-35,39,59H,2-3,9-12,14-22,25-27H2,1H3,(H,50,51,53)(H,52,60,61)/t34?,35?,39-/m0/s1. The quantitative estimate of drug-likeness (QED) is 0.116. The number of carbonyl (C=O) groups is 2. The van der Waals surface area contributed by atoms with Gasteiger partial charge in [0.1, 0.15) is 11.7 Å². The third-order valence-corrected chi connectivity index (χ3v) is 13.9. The summed E-state index contributed by atoms with van der Waals surface area (Å²) >= 11 is 0. The van der Waals surface area contributed by atoms with Gasteiger partial charge in [-0.2, -0.15) is 18.2 Å². The van der Waals surface area contributed by atoms with Crippen LogP contribution in [0.5, 0.6) is 0 Å². The Morgan fingerprint density at radius 2 is 1.63 bits per heavy atom. The van der Waals surface area contributed by atoms with Crippen molar-refractivity contribution in [1.82, 2.24) is 38.8 Å². The van der Waals surface area contributed by atoms with Gasteiger partial charge in [0.2, 0.25) is 17.8 Å². The third kappa shape index (κ3) is 9.04. The fraction of sp³-hybridized carbons (Fsp3) is 0.543. The van der Waals surface area contributed by atoms with Crippen molar-refractivity contribution in [3.8, 4) is 11.1 Å². The lowest BCUT2D eigenvalue weighted by atomic mass is 9.79. The molecule has 62 heavy (non-hydrogen) atoms. The average molecular weight is 856 g/mol. The SMILES string of the molecule is Cn1c(=O)n([C@H]2CCC(=O)NC2=O)c2ccc(CCCN3CC(C4CCN(Cc5ccc(-c6cn(C7CCC(O)CC7)c7nc(NCCC(F)(F)F)ncc67)cc5)CC4)C3)cc21. The van der Waals surface area contributed by atoms with E-state index in [9.17, 15) is 32.7 Å². The second kappa shape index (κ2) is 17.6. The van der Waals surface area contributed by atoms with Crippen LogP contribution in [0.15, 0.2) is 59.7 Å². The summed E-state index contributed by atoms with van der Waals surface area (Å²) in [4.78, 5) is 51.5. The molecule has 3 N–H and O–H groups in total. The number of fused-ring (bicyclic) bond motifs is 2. The molecule has 1 atom stereocenters. The lowest BCUT2D eigenvalue weighted by molar-refractivity contribution is -0.136. The van der Waals surface area contributed by atoms with Crippen LogP contribution in [-0.4, -0.2) is 102 Å². The molecule has 3 aliphatic heterocycles. The minimum atomic E-state index is -4.26. The number of nitrogens with zero attached hydrogens (tertiary/aromatic N) is 7. The normalized spacial score (nSPS) is 22.4. The number of aromatic nitrogens is 5. The van der Waals surface area contributed by atoms with E-state index in [2.05, 4.69) is 72.6 Å². The van der Waals surface area contributed by atoms with Crippen molar-refractivity contribution in [3.05, 3.63) is 76.5 Å². The number of nitrogens with one attached hydrogen (secondary N) is 2. The Labute approximate surface area is 358 Å². The van der Waals surface area contributed by atoms with Gasteiger partial charge in [-0.25, -0.2) is 9.78 Å². The van der Waals surface area contributed by atoms with E-state index in [1.54, 1.807) is 17.8 Å². The van der Waals surface area contributed by atoms with Crippen LogP contribution in [-0.2, 0) is 29.6 Å². The highest BCUT2D eigenvalue weighted by Gasteiger charge is 2.35. The molecule has 330 valence electrons. The lowest BCUT2D eigenvalue weighted by Gasteiger charge is -2.46. The van der Waals surface area contributed by atoms with Crippen LogP contribution in [0, 0.1) is 11.8 Å². The molecule has 4 fully saturated rings. The monoisotopic (exact) mass is 855 g/mol. The predicted octanol–water partition coefficient (Wildman–Crippen LogP) is 6.35. The largest absolute Gasteiger partial charge is 0.393 e. The molecule has 5 aromatic rings. The van der Waals surface area contributed by atoms with E-state index in [4.69, 9.17) is 4.98 Å². The molecule has 1 saturated carbocycles. The van der Waals surface area contributed by atoms with Crippen molar-refractivity contribution < 1.29 is 27.9 Å². The molecule has 4 aliphatic rings. The smallest absolute Gasteiger partial charge is 0.390 e. The second-order valence-electron chi connectivity index (χ2n) is 18.1. The van der Waals surface area contributed by atoms with E-state index in [0.29, 0.717) is 24.9 Å². The number of amides is 2. The molecule has 6 heterocycles. The molecule has 9 rings (SSSR count).